The van der Waals surface area contributed by atoms with Crippen molar-refractivity contribution in [3.8, 4) is 11.1 Å². The molecule has 0 saturated carbocycles. The average Bonchev–Trinajstić information content (AvgIpc) is 3.19. The lowest BCUT2D eigenvalue weighted by Crippen LogP contribution is -2.51. The molecule has 184 valence electrons. The Morgan fingerprint density at radius 3 is 2.14 bits per heavy atom. The quantitative estimate of drug-likeness (QED) is 0.452. The molecule has 3 N–H and O–H groups in total. The van der Waals surface area contributed by atoms with Crippen molar-refractivity contribution in [3.05, 3.63) is 89.5 Å². The normalized spacial score (nSPS) is 14.1. The van der Waals surface area contributed by atoms with Gasteiger partial charge in [-0.05, 0) is 47.4 Å². The number of carbonyl (C=O) groups is 4. The SMILES string of the molecule is CC(=O)Nc1ccc(-c2ccc(C[C@@H](C(=O)N[C@@H](C)C(=O)O)N3Cc4ccccc4C3=O)cc2)cc1. The fourth-order valence-corrected chi connectivity index (χ4v) is 4.25. The number of rotatable bonds is 8. The molecular formula is C28H27N3O5. The van der Waals surface area contributed by atoms with E-state index in [0.29, 0.717) is 11.3 Å². The Balaban J connectivity index is 1.55. The lowest BCUT2D eigenvalue weighted by atomic mass is 9.99. The van der Waals surface area contributed by atoms with Crippen LogP contribution >= 0.6 is 0 Å². The first kappa shape index (κ1) is 24.7. The maximum absolute atomic E-state index is 13.1. The molecule has 2 atom stereocenters. The van der Waals surface area contributed by atoms with Gasteiger partial charge < -0.3 is 20.6 Å². The number of aliphatic carboxylic acids is 1. The number of carboxylic acid groups (broad SMARTS) is 1. The fourth-order valence-electron chi connectivity index (χ4n) is 4.25. The van der Waals surface area contributed by atoms with E-state index < -0.39 is 24.0 Å². The van der Waals surface area contributed by atoms with Crippen LogP contribution in [0.3, 0.4) is 0 Å². The Kier molecular flexibility index (Phi) is 7.15. The summed E-state index contributed by atoms with van der Waals surface area (Å²) in [6, 6.07) is 20.4. The highest BCUT2D eigenvalue weighted by Gasteiger charge is 2.37. The lowest BCUT2D eigenvalue weighted by Gasteiger charge is -2.28. The molecule has 0 aromatic heterocycles. The molecule has 3 aromatic rings. The lowest BCUT2D eigenvalue weighted by molar-refractivity contribution is -0.142. The Hall–Kier alpha value is -4.46. The van der Waals surface area contributed by atoms with Crippen molar-refractivity contribution >= 4 is 29.4 Å². The number of carboxylic acids is 1. The zero-order valence-corrected chi connectivity index (χ0v) is 20.0. The van der Waals surface area contributed by atoms with E-state index in [-0.39, 0.29) is 24.8 Å². The minimum absolute atomic E-state index is 0.136. The minimum atomic E-state index is -1.15. The maximum Gasteiger partial charge on any atom is 0.325 e. The van der Waals surface area contributed by atoms with Gasteiger partial charge in [0.2, 0.25) is 11.8 Å². The van der Waals surface area contributed by atoms with Gasteiger partial charge in [0.05, 0.1) is 0 Å². The van der Waals surface area contributed by atoms with E-state index in [4.69, 9.17) is 0 Å². The van der Waals surface area contributed by atoms with Crippen LogP contribution in [-0.4, -0.2) is 45.8 Å². The van der Waals surface area contributed by atoms with Crippen LogP contribution in [0.2, 0.25) is 0 Å². The third-order valence-corrected chi connectivity index (χ3v) is 6.18. The first-order valence-electron chi connectivity index (χ1n) is 11.6. The van der Waals surface area contributed by atoms with Gasteiger partial charge >= 0.3 is 5.97 Å². The van der Waals surface area contributed by atoms with Gasteiger partial charge in [0.25, 0.3) is 5.91 Å². The van der Waals surface area contributed by atoms with E-state index in [9.17, 15) is 24.3 Å². The van der Waals surface area contributed by atoms with Crippen molar-refractivity contribution < 1.29 is 24.3 Å². The summed E-state index contributed by atoms with van der Waals surface area (Å²) in [4.78, 5) is 50.3. The number of anilines is 1. The van der Waals surface area contributed by atoms with Gasteiger partial charge in [0.15, 0.2) is 0 Å². The van der Waals surface area contributed by atoms with E-state index in [1.54, 1.807) is 12.1 Å². The van der Waals surface area contributed by atoms with Crippen LogP contribution in [0.4, 0.5) is 5.69 Å². The van der Waals surface area contributed by atoms with Gasteiger partial charge in [-0.15, -0.1) is 0 Å². The van der Waals surface area contributed by atoms with Gasteiger partial charge in [-0.1, -0.05) is 54.6 Å². The Labute approximate surface area is 208 Å². The first-order valence-corrected chi connectivity index (χ1v) is 11.6. The molecule has 0 saturated heterocycles. The van der Waals surface area contributed by atoms with E-state index in [0.717, 1.165) is 22.3 Å². The van der Waals surface area contributed by atoms with E-state index >= 15 is 0 Å². The minimum Gasteiger partial charge on any atom is -0.480 e. The summed E-state index contributed by atoms with van der Waals surface area (Å²) in [5.41, 5.74) is 4.86. The number of amides is 3. The highest BCUT2D eigenvalue weighted by molar-refractivity contribution is 6.01. The van der Waals surface area contributed by atoms with Gasteiger partial charge in [0, 0.05) is 31.1 Å². The predicted molar refractivity (Wildman–Crippen MR) is 135 cm³/mol. The Morgan fingerprint density at radius 1 is 0.944 bits per heavy atom. The van der Waals surface area contributed by atoms with Crippen molar-refractivity contribution in [2.45, 2.75) is 38.9 Å². The van der Waals surface area contributed by atoms with Gasteiger partial charge in [-0.25, -0.2) is 0 Å². The van der Waals surface area contributed by atoms with Crippen LogP contribution in [0.15, 0.2) is 72.8 Å². The predicted octanol–water partition coefficient (Wildman–Crippen LogP) is 3.47. The van der Waals surface area contributed by atoms with Crippen LogP contribution in [0.5, 0.6) is 0 Å². The van der Waals surface area contributed by atoms with Crippen LogP contribution in [-0.2, 0) is 27.3 Å². The second kappa shape index (κ2) is 10.4. The van der Waals surface area contributed by atoms with Crippen molar-refractivity contribution in [2.75, 3.05) is 5.32 Å². The second-order valence-corrected chi connectivity index (χ2v) is 8.83. The number of nitrogens with zero attached hydrogens (tertiary/aromatic N) is 1. The summed E-state index contributed by atoms with van der Waals surface area (Å²) >= 11 is 0. The molecule has 1 aliphatic rings. The van der Waals surface area contributed by atoms with Gasteiger partial charge in [0.1, 0.15) is 12.1 Å². The third kappa shape index (κ3) is 5.43. The number of benzene rings is 3. The van der Waals surface area contributed by atoms with E-state index in [1.807, 2.05) is 60.7 Å². The average molecular weight is 486 g/mol. The molecular weight excluding hydrogens is 458 g/mol. The standard InChI is InChI=1S/C28H27N3O5/c1-17(28(35)36)29-26(33)25(31-16-22-5-3-4-6-24(22)27(31)34)15-19-7-9-20(10-8-19)21-11-13-23(14-12-21)30-18(2)32/h3-14,17,25H,15-16H2,1-2H3,(H,29,33)(H,30,32)(H,35,36)/t17-,25-/m0/s1. The van der Waals surface area contributed by atoms with Crippen LogP contribution in [0.1, 0.15) is 35.3 Å². The molecule has 0 spiro atoms. The van der Waals surface area contributed by atoms with Crippen molar-refractivity contribution in [3.63, 3.8) is 0 Å². The molecule has 0 fully saturated rings. The molecule has 36 heavy (non-hydrogen) atoms. The topological polar surface area (TPSA) is 116 Å². The van der Waals surface area contributed by atoms with Crippen molar-refractivity contribution in [1.82, 2.24) is 10.2 Å². The largest absolute Gasteiger partial charge is 0.480 e. The van der Waals surface area contributed by atoms with Gasteiger partial charge in [-0.3, -0.25) is 19.2 Å². The molecule has 0 bridgehead atoms. The summed E-state index contributed by atoms with van der Waals surface area (Å²) in [7, 11) is 0. The zero-order chi connectivity index (χ0) is 25.8. The summed E-state index contributed by atoms with van der Waals surface area (Å²) in [6.07, 6.45) is 0.236. The summed E-state index contributed by atoms with van der Waals surface area (Å²) in [5, 5.41) is 14.5. The summed E-state index contributed by atoms with van der Waals surface area (Å²) < 4.78 is 0. The number of nitrogens with one attached hydrogen (secondary N) is 2. The first-order chi connectivity index (χ1) is 17.2. The van der Waals surface area contributed by atoms with Crippen LogP contribution in [0, 0.1) is 0 Å². The number of hydrogen-bond acceptors (Lipinski definition) is 4. The molecule has 0 radical (unpaired) electrons. The highest BCUT2D eigenvalue weighted by atomic mass is 16.4. The number of fused-ring (bicyclic) bond motifs is 1. The Bertz CT molecular complexity index is 1300. The third-order valence-electron chi connectivity index (χ3n) is 6.18. The second-order valence-electron chi connectivity index (χ2n) is 8.83. The van der Waals surface area contributed by atoms with E-state index in [1.165, 1.54) is 18.7 Å². The molecule has 3 aromatic carbocycles. The molecule has 8 heteroatoms. The van der Waals surface area contributed by atoms with Crippen molar-refractivity contribution in [1.29, 1.82) is 0 Å². The van der Waals surface area contributed by atoms with Gasteiger partial charge in [-0.2, -0.15) is 0 Å². The number of carbonyl (C=O) groups excluding carboxylic acids is 3. The molecule has 0 aliphatic carbocycles. The Morgan fingerprint density at radius 2 is 1.56 bits per heavy atom. The summed E-state index contributed by atoms with van der Waals surface area (Å²) in [5.74, 6) is -2.04. The fraction of sp³-hybridized carbons (Fsp3) is 0.214. The molecule has 4 rings (SSSR count). The monoisotopic (exact) mass is 485 g/mol. The molecule has 1 aliphatic heterocycles. The maximum atomic E-state index is 13.1. The highest BCUT2D eigenvalue weighted by Crippen LogP contribution is 2.27. The smallest absolute Gasteiger partial charge is 0.325 e. The summed E-state index contributed by atoms with van der Waals surface area (Å²) in [6.45, 7) is 3.13. The zero-order valence-electron chi connectivity index (χ0n) is 20.0. The molecule has 0 unspecified atom stereocenters. The van der Waals surface area contributed by atoms with E-state index in [2.05, 4.69) is 10.6 Å². The number of hydrogen-bond donors (Lipinski definition) is 3. The van der Waals surface area contributed by atoms with Crippen LogP contribution in [0.25, 0.3) is 11.1 Å². The van der Waals surface area contributed by atoms with Crippen LogP contribution < -0.4 is 10.6 Å². The molecule has 1 heterocycles. The van der Waals surface area contributed by atoms with Crippen molar-refractivity contribution in [2.24, 2.45) is 0 Å². The molecule has 3 amide bonds. The molecule has 8 nitrogen and oxygen atoms in total.